The third kappa shape index (κ3) is 25.8. The molecule has 12 aromatic carbocycles. The van der Waals surface area contributed by atoms with E-state index in [1.807, 2.05) is 264 Å². The second-order valence-corrected chi connectivity index (χ2v) is 34.1. The molecule has 0 unspecified atom stereocenters. The van der Waals surface area contributed by atoms with Gasteiger partial charge in [-0.05, 0) is 171 Å². The molecule has 141 heavy (non-hydrogen) atoms. The molecule has 0 saturated heterocycles. The minimum absolute atomic E-state index is 0. The number of nitrogens with zero attached hydrogens (tertiary/aromatic N) is 8. The molecule has 16 heteroatoms. The average molecular weight is 2550 g/mol. The van der Waals surface area contributed by atoms with Crippen molar-refractivity contribution in [1.82, 2.24) is 39.9 Å². The molecular weight excluding hydrogens is 2450 g/mol. The molecule has 4 radical (unpaired) electrons. The Balaban J connectivity index is 0.000000136. The molecule has 0 atom stereocenters. The van der Waals surface area contributed by atoms with Crippen molar-refractivity contribution < 1.29 is 98.1 Å². The van der Waals surface area contributed by atoms with Crippen LogP contribution in [0.5, 0.6) is 0 Å². The predicted molar refractivity (Wildman–Crippen MR) is 559 cm³/mol. The van der Waals surface area contributed by atoms with Gasteiger partial charge in [-0.25, -0.2) is 0 Å². The van der Waals surface area contributed by atoms with Gasteiger partial charge in [-0.15, -0.1) is 213 Å². The maximum Gasteiger partial charge on any atom is 0.120 e. The predicted octanol–water partition coefficient (Wildman–Crippen LogP) is 32.0. The van der Waals surface area contributed by atoms with E-state index in [-0.39, 0.29) is 80.4 Å². The summed E-state index contributed by atoms with van der Waals surface area (Å²) >= 11 is 0. The Hall–Kier alpha value is -14.4. The molecule has 12 aromatic heterocycles. The van der Waals surface area contributed by atoms with Crippen LogP contribution in [0.2, 0.25) is 0 Å². The third-order valence-corrected chi connectivity index (χ3v) is 22.9. The number of para-hydroxylation sites is 3. The molecule has 0 fully saturated rings. The molecule has 12 heterocycles. The van der Waals surface area contributed by atoms with Gasteiger partial charge in [0.25, 0.3) is 0 Å². The van der Waals surface area contributed by atoms with E-state index in [9.17, 15) is 0 Å². The van der Waals surface area contributed by atoms with Crippen molar-refractivity contribution in [2.24, 2.45) is 0 Å². The Labute approximate surface area is 877 Å². The molecule has 0 saturated carbocycles. The average Bonchev–Trinajstić information content (AvgIpc) is 1.63. The molecule has 0 bridgehead atoms. The van der Waals surface area contributed by atoms with Gasteiger partial charge in [0.05, 0.1) is 22.3 Å². The van der Waals surface area contributed by atoms with Crippen LogP contribution in [-0.4, -0.2) is 39.9 Å². The van der Waals surface area contributed by atoms with Crippen LogP contribution in [0.4, 0.5) is 0 Å². The summed E-state index contributed by atoms with van der Waals surface area (Å²) in [6, 6.07) is 129. The van der Waals surface area contributed by atoms with Crippen molar-refractivity contribution >= 4 is 87.8 Å². The van der Waals surface area contributed by atoms with Gasteiger partial charge in [0, 0.05) is 152 Å². The second kappa shape index (κ2) is 49.0. The van der Waals surface area contributed by atoms with E-state index >= 15 is 0 Å². The summed E-state index contributed by atoms with van der Waals surface area (Å²) in [5.41, 5.74) is 37.9. The van der Waals surface area contributed by atoms with Crippen LogP contribution >= 0.6 is 0 Å². The van der Waals surface area contributed by atoms with Crippen LogP contribution in [-0.2, 0) is 80.4 Å². The molecule has 706 valence electrons. The zero-order chi connectivity index (χ0) is 94.8. The van der Waals surface area contributed by atoms with Crippen molar-refractivity contribution in [2.75, 3.05) is 0 Å². The van der Waals surface area contributed by atoms with Crippen LogP contribution in [0, 0.1) is 139 Å². The molecule has 0 aliphatic rings. The molecule has 0 spiro atoms. The molecule has 0 aliphatic heterocycles. The van der Waals surface area contributed by atoms with Crippen LogP contribution in [0.1, 0.15) is 72.3 Å². The van der Waals surface area contributed by atoms with E-state index in [1.54, 1.807) is 12.4 Å². The first-order chi connectivity index (χ1) is 66.7. The summed E-state index contributed by atoms with van der Waals surface area (Å²) in [5, 5.41) is 9.06. The maximum atomic E-state index is 6.12. The number of rotatable bonds is 8. The van der Waals surface area contributed by atoms with E-state index in [0.717, 1.165) is 195 Å². The molecule has 0 amide bonds. The fourth-order valence-corrected chi connectivity index (χ4v) is 15.7. The van der Waals surface area contributed by atoms with Gasteiger partial charge in [0.1, 0.15) is 22.3 Å². The minimum atomic E-state index is 0. The van der Waals surface area contributed by atoms with Gasteiger partial charge < -0.3 is 57.5 Å². The standard InChI is InChI=1S/C20H16NO.C19H14NO.2C18H12NO.2C13H12N.2C12H10N.4Ir/c1-12-4-5-19-15(8-12)16-9-14(3)10-17(20(16)22-19)18-11-13(2)6-7-21-18;1-12-7-10-16(20-11-12)14-9-8-13(2)18-15-5-3-4-6-17(15)21-19(14)18;1-12-9-10-19-16(11-12)15-7-4-6-14-13-5-2-3-8-17(13)20-18(14)15;1-12-9-10-16(19-11-12)15-7-4-6-14-13-5-2-3-8-17(13)20-18(14)15;1-10-3-6-12(7-4-10)13-8-5-11(2)9-14-13;1-10-3-5-12(6-4-10)13-9-11(2)7-8-14-13;2*1-10-5-7-11(8-6-10)12-4-2-3-9-13-12;;;;/h4-9,11H,1-3H3;3-8,10-11H,1-2H3;2*2-6,8-11H,1H3;3-6,8-9H,1-2H3;3-5,7-9H,1-2H3;2*2-7,9H,1H3;;;;/q8*-1;;;;. The van der Waals surface area contributed by atoms with Crippen molar-refractivity contribution in [3.63, 3.8) is 0 Å². The Morgan fingerprint density at radius 1 is 0.206 bits per heavy atom. The number of benzene rings is 12. The van der Waals surface area contributed by atoms with E-state index in [4.69, 9.17) is 17.7 Å². The summed E-state index contributed by atoms with van der Waals surface area (Å²) < 4.78 is 24.2. The smallest absolute Gasteiger partial charge is 0.120 e. The number of aryl methyl sites for hydroxylation is 13. The Morgan fingerprint density at radius 3 is 0.972 bits per heavy atom. The molecule has 12 nitrogen and oxygen atoms in total. The van der Waals surface area contributed by atoms with Gasteiger partial charge in [-0.3, -0.25) is 0 Å². The summed E-state index contributed by atoms with van der Waals surface area (Å²) in [7, 11) is 0. The van der Waals surface area contributed by atoms with Gasteiger partial charge >= 0.3 is 0 Å². The van der Waals surface area contributed by atoms with Crippen molar-refractivity contribution in [3.05, 3.63) is 480 Å². The Bertz CT molecular complexity index is 8140. The topological polar surface area (TPSA) is 156 Å². The van der Waals surface area contributed by atoms with Crippen LogP contribution in [0.25, 0.3) is 178 Å². The first-order valence-corrected chi connectivity index (χ1v) is 45.4. The van der Waals surface area contributed by atoms with Crippen LogP contribution in [0.3, 0.4) is 0 Å². The number of furan rings is 4. The van der Waals surface area contributed by atoms with Crippen molar-refractivity contribution in [3.8, 4) is 90.1 Å². The third-order valence-electron chi connectivity index (χ3n) is 22.9. The molecule has 24 aromatic rings. The normalized spacial score (nSPS) is 10.5. The summed E-state index contributed by atoms with van der Waals surface area (Å²) in [4.78, 5) is 35.1. The number of hydrogen-bond acceptors (Lipinski definition) is 12. The monoisotopic (exact) mass is 2550 g/mol. The van der Waals surface area contributed by atoms with E-state index < -0.39 is 0 Å². The number of hydrogen-bond donors (Lipinski definition) is 0. The SMILES string of the molecule is Cc1[c-]c(-c2cc(C)ccn2)c2oc3ccc(C)cc3c2c1.Cc1c[c-]c(-c2cc(C)ccn2)cc1.Cc1c[c-]c(-c2ccc(C)cn2)cc1.Cc1c[c-]c(-c2ccccn2)cc1.Cc1c[c-]c(-c2ccccn2)cc1.Cc1ccc(-c2[c-]cc(C)c3c2oc2ccccc23)nc1.Cc1ccc(-c2[c-]ccc3c2oc2ccccc23)nc1.Cc1ccnc(-c2[c-]ccc3c2oc2ccccc23)c1.[Ir].[Ir].[Ir].[Ir]. The van der Waals surface area contributed by atoms with Crippen molar-refractivity contribution in [2.45, 2.75) is 90.0 Å². The minimum Gasteiger partial charge on any atom is -0.501 e. The van der Waals surface area contributed by atoms with E-state index in [2.05, 4.69) is 261 Å². The van der Waals surface area contributed by atoms with Gasteiger partial charge in [-0.2, -0.15) is 0 Å². The van der Waals surface area contributed by atoms with Crippen molar-refractivity contribution in [1.29, 1.82) is 0 Å². The molecule has 0 N–H and O–H groups in total. The molecule has 0 aliphatic carbocycles. The fraction of sp³-hybridized carbons (Fsp3) is 0.104. The van der Waals surface area contributed by atoms with Crippen LogP contribution < -0.4 is 0 Å². The second-order valence-electron chi connectivity index (χ2n) is 34.1. The summed E-state index contributed by atoms with van der Waals surface area (Å²) in [5.74, 6) is 0. The molecular formula is C125H98Ir4N8O4-8. The van der Waals surface area contributed by atoms with Gasteiger partial charge in [-0.1, -0.05) is 247 Å². The number of pyridine rings is 8. The zero-order valence-electron chi connectivity index (χ0n) is 80.1. The maximum absolute atomic E-state index is 6.12. The molecule has 24 rings (SSSR count). The number of fused-ring (bicyclic) bond motifs is 12. The van der Waals surface area contributed by atoms with Crippen LogP contribution in [0.15, 0.2) is 377 Å². The Kier molecular flexibility index (Phi) is 36.1. The summed E-state index contributed by atoms with van der Waals surface area (Å²) in [6.07, 6.45) is 14.7. The Morgan fingerprint density at radius 2 is 0.546 bits per heavy atom. The van der Waals surface area contributed by atoms with E-state index in [0.29, 0.717) is 0 Å². The quantitative estimate of drug-likeness (QED) is 0.133. The van der Waals surface area contributed by atoms with Gasteiger partial charge in [0.15, 0.2) is 0 Å². The summed E-state index contributed by atoms with van der Waals surface area (Å²) in [6.45, 7) is 26.8. The first-order valence-electron chi connectivity index (χ1n) is 45.4. The number of aromatic nitrogens is 8. The van der Waals surface area contributed by atoms with E-state index in [1.165, 1.54) is 55.6 Å². The first kappa shape index (κ1) is 104. The zero-order valence-corrected chi connectivity index (χ0v) is 89.7. The largest absolute Gasteiger partial charge is 0.501 e. The fourth-order valence-electron chi connectivity index (χ4n) is 15.7. The van der Waals surface area contributed by atoms with Gasteiger partial charge in [0.2, 0.25) is 0 Å².